The van der Waals surface area contributed by atoms with E-state index in [2.05, 4.69) is 5.32 Å². The van der Waals surface area contributed by atoms with Gasteiger partial charge in [-0.05, 0) is 18.4 Å². The van der Waals surface area contributed by atoms with Crippen molar-refractivity contribution in [3.05, 3.63) is 35.9 Å². The molecule has 0 saturated carbocycles. The maximum Gasteiger partial charge on any atom is 0.394 e. The molecule has 1 aliphatic heterocycles. The van der Waals surface area contributed by atoms with Crippen molar-refractivity contribution < 1.29 is 27.9 Å². The summed E-state index contributed by atoms with van der Waals surface area (Å²) in [5.74, 6) is -5.33. The fraction of sp³-hybridized carbons (Fsp3) is 0.500. The highest BCUT2D eigenvalue weighted by molar-refractivity contribution is 5.78. The number of alkyl halides is 3. The SMILES string of the molecule is N#CCCCC(NC(=O)N1C[C@@H](C(F)(F)F)[C@H](C(=O)O)C1)c1ccccc1. The topological polar surface area (TPSA) is 93.4 Å². The van der Waals surface area contributed by atoms with Crippen LogP contribution in [0.4, 0.5) is 18.0 Å². The number of carboxylic acids is 1. The predicted molar refractivity (Wildman–Crippen MR) is 89.4 cm³/mol. The zero-order valence-electron chi connectivity index (χ0n) is 14.4. The summed E-state index contributed by atoms with van der Waals surface area (Å²) < 4.78 is 39.3. The van der Waals surface area contributed by atoms with Gasteiger partial charge in [-0.15, -0.1) is 0 Å². The Kier molecular flexibility index (Phi) is 6.66. The van der Waals surface area contributed by atoms with E-state index < -0.39 is 49.1 Å². The number of amides is 2. The molecule has 9 heteroatoms. The molecule has 1 aliphatic rings. The lowest BCUT2D eigenvalue weighted by Crippen LogP contribution is -2.41. The Bertz CT molecular complexity index is 703. The van der Waals surface area contributed by atoms with Gasteiger partial charge in [0.25, 0.3) is 0 Å². The first-order valence-corrected chi connectivity index (χ1v) is 8.51. The van der Waals surface area contributed by atoms with Crippen LogP contribution < -0.4 is 5.32 Å². The van der Waals surface area contributed by atoms with Crippen LogP contribution in [-0.2, 0) is 4.79 Å². The first-order valence-electron chi connectivity index (χ1n) is 8.51. The number of nitrogens with zero attached hydrogens (tertiary/aromatic N) is 2. The fourth-order valence-corrected chi connectivity index (χ4v) is 3.18. The van der Waals surface area contributed by atoms with Crippen molar-refractivity contribution in [2.45, 2.75) is 31.5 Å². The van der Waals surface area contributed by atoms with Gasteiger partial charge in [0.05, 0.1) is 23.9 Å². The molecule has 6 nitrogen and oxygen atoms in total. The van der Waals surface area contributed by atoms with E-state index >= 15 is 0 Å². The van der Waals surface area contributed by atoms with Crippen LogP contribution in [0.2, 0.25) is 0 Å². The maximum absolute atomic E-state index is 13.1. The minimum Gasteiger partial charge on any atom is -0.481 e. The molecule has 1 aromatic rings. The van der Waals surface area contributed by atoms with Gasteiger partial charge >= 0.3 is 18.2 Å². The quantitative estimate of drug-likeness (QED) is 0.737. The van der Waals surface area contributed by atoms with Crippen LogP contribution in [0.25, 0.3) is 0 Å². The lowest BCUT2D eigenvalue weighted by atomic mass is 9.96. The number of hydrogen-bond acceptors (Lipinski definition) is 3. The van der Waals surface area contributed by atoms with Crippen molar-refractivity contribution in [3.63, 3.8) is 0 Å². The highest BCUT2D eigenvalue weighted by atomic mass is 19.4. The van der Waals surface area contributed by atoms with Crippen molar-refractivity contribution in [1.82, 2.24) is 10.2 Å². The number of unbranched alkanes of at least 4 members (excludes halogenated alkanes) is 1. The fourth-order valence-electron chi connectivity index (χ4n) is 3.18. The van der Waals surface area contributed by atoms with Gasteiger partial charge in [0, 0.05) is 19.5 Å². The number of carbonyl (C=O) groups excluding carboxylic acids is 1. The van der Waals surface area contributed by atoms with Crippen molar-refractivity contribution in [3.8, 4) is 6.07 Å². The molecule has 1 heterocycles. The number of nitrogens with one attached hydrogen (secondary N) is 1. The van der Waals surface area contributed by atoms with Crippen LogP contribution in [0.3, 0.4) is 0 Å². The second kappa shape index (κ2) is 8.75. The van der Waals surface area contributed by atoms with Gasteiger partial charge in [-0.2, -0.15) is 18.4 Å². The summed E-state index contributed by atoms with van der Waals surface area (Å²) >= 11 is 0. The van der Waals surface area contributed by atoms with Gasteiger partial charge in [0.15, 0.2) is 0 Å². The number of rotatable bonds is 6. The van der Waals surface area contributed by atoms with Crippen LogP contribution >= 0.6 is 0 Å². The minimum atomic E-state index is -4.69. The second-order valence-corrected chi connectivity index (χ2v) is 6.46. The smallest absolute Gasteiger partial charge is 0.394 e. The van der Waals surface area contributed by atoms with E-state index in [-0.39, 0.29) is 0 Å². The van der Waals surface area contributed by atoms with Crippen LogP contribution in [0.15, 0.2) is 30.3 Å². The molecule has 27 heavy (non-hydrogen) atoms. The third-order valence-corrected chi connectivity index (χ3v) is 4.63. The molecule has 146 valence electrons. The second-order valence-electron chi connectivity index (χ2n) is 6.46. The molecule has 0 bridgehead atoms. The molecule has 3 atom stereocenters. The molecular formula is C18H20F3N3O3. The molecule has 1 aromatic carbocycles. The third kappa shape index (κ3) is 5.36. The molecule has 0 aliphatic carbocycles. The molecule has 2 amide bonds. The molecule has 2 N–H and O–H groups in total. The summed E-state index contributed by atoms with van der Waals surface area (Å²) in [4.78, 5) is 24.5. The number of nitriles is 1. The first kappa shape index (κ1) is 20.6. The molecule has 0 aromatic heterocycles. The largest absolute Gasteiger partial charge is 0.481 e. The molecular weight excluding hydrogens is 363 g/mol. The van der Waals surface area contributed by atoms with Gasteiger partial charge in [-0.25, -0.2) is 4.79 Å². The summed E-state index contributed by atoms with van der Waals surface area (Å²) in [5.41, 5.74) is 0.769. The van der Waals surface area contributed by atoms with Crippen LogP contribution in [0.5, 0.6) is 0 Å². The number of hydrogen-bond donors (Lipinski definition) is 2. The summed E-state index contributed by atoms with van der Waals surface area (Å²) in [6, 6.07) is 9.70. The predicted octanol–water partition coefficient (Wildman–Crippen LogP) is 3.33. The Morgan fingerprint density at radius 1 is 1.30 bits per heavy atom. The number of benzene rings is 1. The number of urea groups is 1. The average molecular weight is 383 g/mol. The van der Waals surface area contributed by atoms with Gasteiger partial charge in [0.2, 0.25) is 0 Å². The monoisotopic (exact) mass is 383 g/mol. The van der Waals surface area contributed by atoms with Crippen molar-refractivity contribution in [2.75, 3.05) is 13.1 Å². The van der Waals surface area contributed by atoms with Crippen LogP contribution in [0.1, 0.15) is 30.9 Å². The Labute approximate surface area is 154 Å². The Morgan fingerprint density at radius 2 is 1.96 bits per heavy atom. The first-order chi connectivity index (χ1) is 12.7. The lowest BCUT2D eigenvalue weighted by Gasteiger charge is -2.24. The number of likely N-dealkylation sites (tertiary alicyclic amines) is 1. The zero-order chi connectivity index (χ0) is 20.0. The minimum absolute atomic E-state index is 0.292. The highest BCUT2D eigenvalue weighted by Gasteiger charge is 2.53. The summed E-state index contributed by atoms with van der Waals surface area (Å²) in [5, 5.41) is 20.4. The Balaban J connectivity index is 2.10. The summed E-state index contributed by atoms with van der Waals surface area (Å²) in [6.45, 7) is -1.18. The highest BCUT2D eigenvalue weighted by Crippen LogP contribution is 2.37. The van der Waals surface area contributed by atoms with Gasteiger partial charge in [-0.1, -0.05) is 30.3 Å². The summed E-state index contributed by atoms with van der Waals surface area (Å²) in [6.07, 6.45) is -3.44. The standard InChI is InChI=1S/C18H20F3N3O3/c19-18(20,21)14-11-24(10-13(14)16(25)26)17(27)23-15(8-4-5-9-22)12-6-2-1-3-7-12/h1-3,6-7,13-15H,4-5,8,10-11H2,(H,23,27)(H,25,26)/t13-,14-,15?/m1/s1. The van der Waals surface area contributed by atoms with E-state index in [4.69, 9.17) is 10.4 Å². The van der Waals surface area contributed by atoms with Crippen molar-refractivity contribution in [1.29, 1.82) is 5.26 Å². The summed E-state index contributed by atoms with van der Waals surface area (Å²) in [7, 11) is 0. The van der Waals surface area contributed by atoms with Crippen molar-refractivity contribution >= 4 is 12.0 Å². The number of halogens is 3. The number of carbonyl (C=O) groups is 2. The van der Waals surface area contributed by atoms with E-state index in [0.29, 0.717) is 19.3 Å². The Morgan fingerprint density at radius 3 is 2.48 bits per heavy atom. The van der Waals surface area contributed by atoms with Gasteiger partial charge in [0.1, 0.15) is 0 Å². The number of aliphatic carboxylic acids is 1. The molecule has 0 spiro atoms. The number of carboxylic acid groups (broad SMARTS) is 1. The van der Waals surface area contributed by atoms with E-state index in [1.807, 2.05) is 6.07 Å². The van der Waals surface area contributed by atoms with E-state index in [0.717, 1.165) is 10.5 Å². The average Bonchev–Trinajstić information content (AvgIpc) is 3.08. The molecule has 1 unspecified atom stereocenters. The molecule has 1 saturated heterocycles. The third-order valence-electron chi connectivity index (χ3n) is 4.63. The molecule has 1 fully saturated rings. The van der Waals surface area contributed by atoms with Gasteiger partial charge < -0.3 is 15.3 Å². The maximum atomic E-state index is 13.1. The van der Waals surface area contributed by atoms with E-state index in [1.165, 1.54) is 0 Å². The normalized spacial score (nSPS) is 20.7. The Hall–Kier alpha value is -2.76. The van der Waals surface area contributed by atoms with Crippen molar-refractivity contribution in [2.24, 2.45) is 11.8 Å². The van der Waals surface area contributed by atoms with E-state index in [1.54, 1.807) is 30.3 Å². The molecule has 0 radical (unpaired) electrons. The zero-order valence-corrected chi connectivity index (χ0v) is 14.4. The van der Waals surface area contributed by atoms with Gasteiger partial charge in [-0.3, -0.25) is 4.79 Å². The van der Waals surface area contributed by atoms with E-state index in [9.17, 15) is 22.8 Å². The van der Waals surface area contributed by atoms with Crippen LogP contribution in [0, 0.1) is 23.2 Å². The molecule has 2 rings (SSSR count). The lowest BCUT2D eigenvalue weighted by molar-refractivity contribution is -0.187. The van der Waals surface area contributed by atoms with Crippen LogP contribution in [-0.4, -0.2) is 41.3 Å².